The number of aromatic amines is 1. The summed E-state index contributed by atoms with van der Waals surface area (Å²) in [5, 5.41) is 3.19. The zero-order valence-corrected chi connectivity index (χ0v) is 23.2. The second-order valence-corrected chi connectivity index (χ2v) is 12.5. The van der Waals surface area contributed by atoms with E-state index in [1.165, 1.54) is 42.5 Å². The predicted molar refractivity (Wildman–Crippen MR) is 153 cm³/mol. The zero-order valence-electron chi connectivity index (χ0n) is 20.1. The summed E-state index contributed by atoms with van der Waals surface area (Å²) in [4.78, 5) is 41.4. The third-order valence-electron chi connectivity index (χ3n) is 5.80. The van der Waals surface area contributed by atoms with Crippen molar-refractivity contribution in [3.8, 4) is 5.69 Å². The van der Waals surface area contributed by atoms with Gasteiger partial charge in [0.2, 0.25) is 0 Å². The summed E-state index contributed by atoms with van der Waals surface area (Å²) in [6.07, 6.45) is 0. The first kappa shape index (κ1) is 27.6. The molecule has 0 fully saturated rings. The van der Waals surface area contributed by atoms with Crippen LogP contribution >= 0.6 is 34.5 Å². The number of halogens is 3. The number of benzene rings is 3. The SMILES string of the molecule is O=C(NS(=O)(=O)c1ccc(Cl)s1)c1ccc(-n2c(=O)[nH]c3cc(NCc4ccc(F)cc4)ccc3c2=O)cc1Cl. The van der Waals surface area contributed by atoms with Crippen molar-refractivity contribution in [3.05, 3.63) is 120 Å². The number of aromatic nitrogens is 2. The molecule has 3 N–H and O–H groups in total. The van der Waals surface area contributed by atoms with Crippen LogP contribution in [0.5, 0.6) is 0 Å². The monoisotopic (exact) mass is 618 g/mol. The van der Waals surface area contributed by atoms with E-state index in [2.05, 4.69) is 10.3 Å². The van der Waals surface area contributed by atoms with Gasteiger partial charge in [-0.3, -0.25) is 9.59 Å². The minimum Gasteiger partial charge on any atom is -0.381 e. The fourth-order valence-electron chi connectivity index (χ4n) is 3.87. The Hall–Kier alpha value is -3.97. The van der Waals surface area contributed by atoms with Gasteiger partial charge in [-0.2, -0.15) is 0 Å². The number of anilines is 1. The molecule has 0 aliphatic rings. The van der Waals surface area contributed by atoms with Crippen molar-refractivity contribution in [2.24, 2.45) is 0 Å². The smallest absolute Gasteiger partial charge is 0.333 e. The third kappa shape index (κ3) is 5.65. The van der Waals surface area contributed by atoms with Gasteiger partial charge in [0.05, 0.1) is 31.5 Å². The van der Waals surface area contributed by atoms with Crippen molar-refractivity contribution < 1.29 is 17.6 Å². The van der Waals surface area contributed by atoms with E-state index in [0.717, 1.165) is 21.5 Å². The second kappa shape index (κ2) is 10.9. The van der Waals surface area contributed by atoms with Gasteiger partial charge >= 0.3 is 5.69 Å². The molecule has 0 saturated carbocycles. The van der Waals surface area contributed by atoms with Gasteiger partial charge in [0.25, 0.3) is 21.5 Å². The highest BCUT2D eigenvalue weighted by Crippen LogP contribution is 2.26. The molecule has 14 heteroatoms. The molecule has 3 aromatic carbocycles. The number of carbonyl (C=O) groups excluding carboxylic acids is 1. The predicted octanol–water partition coefficient (Wildman–Crippen LogP) is 4.92. The van der Waals surface area contributed by atoms with Crippen LogP contribution in [0.1, 0.15) is 15.9 Å². The highest BCUT2D eigenvalue weighted by Gasteiger charge is 2.23. The normalized spacial score (nSPS) is 11.5. The Labute approximate surface area is 239 Å². The molecule has 5 aromatic rings. The molecule has 2 aromatic heterocycles. The van der Waals surface area contributed by atoms with Gasteiger partial charge in [-0.15, -0.1) is 11.3 Å². The third-order valence-corrected chi connectivity index (χ3v) is 9.17. The van der Waals surface area contributed by atoms with Crippen LogP contribution in [-0.2, 0) is 16.6 Å². The Kier molecular flexibility index (Phi) is 7.51. The van der Waals surface area contributed by atoms with Gasteiger partial charge in [0, 0.05) is 12.2 Å². The second-order valence-electron chi connectivity index (χ2n) is 8.47. The lowest BCUT2D eigenvalue weighted by Gasteiger charge is -2.11. The lowest BCUT2D eigenvalue weighted by molar-refractivity contribution is 0.0981. The maximum absolute atomic E-state index is 13.2. The zero-order chi connectivity index (χ0) is 28.6. The molecule has 0 atom stereocenters. The summed E-state index contributed by atoms with van der Waals surface area (Å²) in [5.41, 5.74) is 0.264. The number of nitrogens with zero attached hydrogens (tertiary/aromatic N) is 1. The number of hydrogen-bond acceptors (Lipinski definition) is 7. The number of H-pyrrole nitrogens is 1. The number of thiophene rings is 1. The molecule has 0 unspecified atom stereocenters. The summed E-state index contributed by atoms with van der Waals surface area (Å²) in [7, 11) is -4.18. The van der Waals surface area contributed by atoms with E-state index in [1.807, 2.05) is 4.72 Å². The van der Waals surface area contributed by atoms with E-state index < -0.39 is 27.2 Å². The molecular formula is C26H17Cl2FN4O5S2. The van der Waals surface area contributed by atoms with Gasteiger partial charge in [0.15, 0.2) is 0 Å². The molecule has 0 aliphatic carbocycles. The van der Waals surface area contributed by atoms with Gasteiger partial charge < -0.3 is 10.3 Å². The molecule has 40 heavy (non-hydrogen) atoms. The molecule has 0 saturated heterocycles. The van der Waals surface area contributed by atoms with Crippen molar-refractivity contribution in [1.82, 2.24) is 14.3 Å². The Morgan fingerprint density at radius 3 is 2.40 bits per heavy atom. The first-order chi connectivity index (χ1) is 19.0. The first-order valence-electron chi connectivity index (χ1n) is 11.4. The molecule has 0 bridgehead atoms. The van der Waals surface area contributed by atoms with E-state index in [4.69, 9.17) is 23.2 Å². The molecule has 0 aliphatic heterocycles. The van der Waals surface area contributed by atoms with Crippen LogP contribution in [0.25, 0.3) is 16.6 Å². The van der Waals surface area contributed by atoms with Crippen molar-refractivity contribution in [2.75, 3.05) is 5.32 Å². The number of rotatable bonds is 7. The molecular weight excluding hydrogens is 602 g/mol. The number of nitrogens with one attached hydrogen (secondary N) is 3. The minimum absolute atomic E-state index is 0.0705. The number of carbonyl (C=O) groups is 1. The van der Waals surface area contributed by atoms with Crippen LogP contribution in [0, 0.1) is 5.82 Å². The number of amides is 1. The molecule has 0 radical (unpaired) electrons. The fraction of sp³-hybridized carbons (Fsp3) is 0.0385. The molecule has 1 amide bonds. The van der Waals surface area contributed by atoms with E-state index >= 15 is 0 Å². The molecule has 9 nitrogen and oxygen atoms in total. The van der Waals surface area contributed by atoms with Crippen LogP contribution in [0.15, 0.2) is 86.6 Å². The summed E-state index contributed by atoms with van der Waals surface area (Å²) < 4.78 is 40.9. The quantitative estimate of drug-likeness (QED) is 0.237. The largest absolute Gasteiger partial charge is 0.381 e. The van der Waals surface area contributed by atoms with Crippen molar-refractivity contribution in [1.29, 1.82) is 0 Å². The summed E-state index contributed by atoms with van der Waals surface area (Å²) >= 11 is 12.8. The van der Waals surface area contributed by atoms with Crippen LogP contribution in [0.3, 0.4) is 0 Å². The summed E-state index contributed by atoms with van der Waals surface area (Å²) in [5.74, 6) is -1.34. The molecule has 204 valence electrons. The molecule has 5 rings (SSSR count). The van der Waals surface area contributed by atoms with Crippen LogP contribution in [0.4, 0.5) is 10.1 Å². The fourth-order valence-corrected chi connectivity index (χ4v) is 6.58. The Bertz CT molecular complexity index is 2000. The van der Waals surface area contributed by atoms with Crippen LogP contribution in [-0.4, -0.2) is 23.9 Å². The Balaban J connectivity index is 1.40. The summed E-state index contributed by atoms with van der Waals surface area (Å²) in [6, 6.07) is 17.2. The average molecular weight is 619 g/mol. The van der Waals surface area contributed by atoms with E-state index in [9.17, 15) is 27.2 Å². The Morgan fingerprint density at radius 1 is 0.975 bits per heavy atom. The molecule has 2 heterocycles. The first-order valence-corrected chi connectivity index (χ1v) is 14.5. The lowest BCUT2D eigenvalue weighted by Crippen LogP contribution is -2.34. The number of hydrogen-bond donors (Lipinski definition) is 3. The maximum atomic E-state index is 13.2. The van der Waals surface area contributed by atoms with Gasteiger partial charge in [-0.25, -0.2) is 26.9 Å². The van der Waals surface area contributed by atoms with Gasteiger partial charge in [0.1, 0.15) is 10.0 Å². The van der Waals surface area contributed by atoms with Crippen LogP contribution in [0.2, 0.25) is 9.36 Å². The minimum atomic E-state index is -4.18. The van der Waals surface area contributed by atoms with Crippen molar-refractivity contribution in [3.63, 3.8) is 0 Å². The topological polar surface area (TPSA) is 130 Å². The Morgan fingerprint density at radius 2 is 1.73 bits per heavy atom. The summed E-state index contributed by atoms with van der Waals surface area (Å²) in [6.45, 7) is 0.397. The highest BCUT2D eigenvalue weighted by atomic mass is 35.5. The number of fused-ring (bicyclic) bond motifs is 1. The maximum Gasteiger partial charge on any atom is 0.333 e. The average Bonchev–Trinajstić information content (AvgIpc) is 3.35. The lowest BCUT2D eigenvalue weighted by atomic mass is 10.1. The highest BCUT2D eigenvalue weighted by molar-refractivity contribution is 7.92. The standard InChI is InChI=1S/C26H17Cl2FN4O5S2/c27-20-12-17(6-8-18(20)24(34)32-40(37,38)23-10-9-22(28)39-23)33-25(35)19-7-5-16(11-21(19)31-26(33)36)30-13-14-1-3-15(29)4-2-14/h1-12,30H,13H2,(H,31,36)(H,32,34). The van der Waals surface area contributed by atoms with E-state index in [1.54, 1.807) is 30.3 Å². The van der Waals surface area contributed by atoms with Gasteiger partial charge in [-0.05, 0) is 66.2 Å². The van der Waals surface area contributed by atoms with Crippen molar-refractivity contribution in [2.45, 2.75) is 10.8 Å². The van der Waals surface area contributed by atoms with Gasteiger partial charge in [-0.1, -0.05) is 35.3 Å². The van der Waals surface area contributed by atoms with E-state index in [0.29, 0.717) is 12.2 Å². The van der Waals surface area contributed by atoms with Crippen molar-refractivity contribution >= 4 is 67.1 Å². The van der Waals surface area contributed by atoms with Crippen LogP contribution < -0.4 is 21.3 Å². The molecule has 0 spiro atoms. The number of sulfonamides is 1. The van der Waals surface area contributed by atoms with E-state index in [-0.39, 0.29) is 41.5 Å².